The van der Waals surface area contributed by atoms with Crippen molar-refractivity contribution in [2.75, 3.05) is 6.61 Å². The molecule has 0 aliphatic carbocycles. The van der Waals surface area contributed by atoms with Crippen molar-refractivity contribution < 1.29 is 42.0 Å². The fourth-order valence-electron chi connectivity index (χ4n) is 5.31. The number of aliphatic hydroxyl groups is 3. The third-order valence-corrected chi connectivity index (χ3v) is 8.48. The number of thiazole rings is 1. The summed E-state index contributed by atoms with van der Waals surface area (Å²) in [6, 6.07) is 2.83. The first-order valence-electron chi connectivity index (χ1n) is 13.0. The predicted molar refractivity (Wildman–Crippen MR) is 147 cm³/mol. The summed E-state index contributed by atoms with van der Waals surface area (Å²) in [5, 5.41) is 41.3. The Balaban J connectivity index is 1.43. The van der Waals surface area contributed by atoms with E-state index in [0.717, 1.165) is 38.9 Å². The van der Waals surface area contributed by atoms with Crippen LogP contribution in [-0.4, -0.2) is 69.8 Å². The Morgan fingerprint density at radius 3 is 2.52 bits per heavy atom. The molecule has 5 atom stereocenters. The minimum absolute atomic E-state index is 0.0265. The smallest absolute Gasteiger partial charge is 0.394 e. The van der Waals surface area contributed by atoms with Gasteiger partial charge in [0.1, 0.15) is 36.3 Å². The number of ether oxygens (including phenoxy) is 1. The van der Waals surface area contributed by atoms with Gasteiger partial charge in [0.25, 0.3) is 0 Å². The summed E-state index contributed by atoms with van der Waals surface area (Å²) >= 11 is 7.02. The highest BCUT2D eigenvalue weighted by Crippen LogP contribution is 2.41. The van der Waals surface area contributed by atoms with E-state index in [1.807, 2.05) is 0 Å². The van der Waals surface area contributed by atoms with Gasteiger partial charge in [0, 0.05) is 22.3 Å². The first kappa shape index (κ1) is 30.5. The minimum Gasteiger partial charge on any atom is -0.394 e. The second-order valence-electron chi connectivity index (χ2n) is 10.2. The highest BCUT2D eigenvalue weighted by atomic mass is 35.5. The van der Waals surface area contributed by atoms with E-state index in [1.165, 1.54) is 25.4 Å². The average Bonchev–Trinajstić information content (AvgIpc) is 3.68. The van der Waals surface area contributed by atoms with Crippen molar-refractivity contribution in [2.45, 2.75) is 50.5 Å². The van der Waals surface area contributed by atoms with E-state index in [9.17, 15) is 32.9 Å². The lowest BCUT2D eigenvalue weighted by Gasteiger charge is -2.42. The van der Waals surface area contributed by atoms with Crippen LogP contribution in [0.4, 0.5) is 22.0 Å². The second-order valence-corrected chi connectivity index (χ2v) is 11.8. The lowest BCUT2D eigenvalue weighted by atomic mass is 9.92. The van der Waals surface area contributed by atoms with Crippen molar-refractivity contribution in [2.24, 2.45) is 0 Å². The normalized spacial score (nSPS) is 22.7. The third-order valence-electron chi connectivity index (χ3n) is 7.27. The molecule has 6 rings (SSSR count). The number of nitrogens with zero attached hydrogens (tertiary/aromatic N) is 6. The molecular formula is C27H22ClF5N6O4S. The Morgan fingerprint density at radius 2 is 1.82 bits per heavy atom. The van der Waals surface area contributed by atoms with Gasteiger partial charge in [0.05, 0.1) is 39.3 Å². The summed E-state index contributed by atoms with van der Waals surface area (Å²) in [6.45, 7) is 2.31. The molecule has 17 heteroatoms. The Morgan fingerprint density at radius 1 is 1.07 bits per heavy atom. The van der Waals surface area contributed by atoms with E-state index in [-0.39, 0.29) is 38.0 Å². The van der Waals surface area contributed by atoms with Gasteiger partial charge < -0.3 is 20.1 Å². The fraction of sp³-hybridized carbons (Fsp3) is 0.333. The van der Waals surface area contributed by atoms with E-state index < -0.39 is 66.1 Å². The molecule has 1 aliphatic heterocycles. The molecular weight excluding hydrogens is 635 g/mol. The molecule has 4 heterocycles. The van der Waals surface area contributed by atoms with Crippen LogP contribution in [0.15, 0.2) is 36.7 Å². The summed E-state index contributed by atoms with van der Waals surface area (Å²) in [5.41, 5.74) is -1.44. The highest BCUT2D eigenvalue weighted by molar-refractivity contribution is 7.18. The van der Waals surface area contributed by atoms with Crippen molar-refractivity contribution in [1.29, 1.82) is 0 Å². The lowest BCUT2D eigenvalue weighted by Crippen LogP contribution is -2.53. The number of fused-ring (bicyclic) bond motifs is 1. The predicted octanol–water partition coefficient (Wildman–Crippen LogP) is 4.70. The maximum absolute atomic E-state index is 15.1. The first-order chi connectivity index (χ1) is 20.8. The summed E-state index contributed by atoms with van der Waals surface area (Å²) in [6.07, 6.45) is -8.61. The number of aryl methyl sites for hydroxylation is 2. The van der Waals surface area contributed by atoms with Crippen molar-refractivity contribution in [1.82, 2.24) is 29.5 Å². The fourth-order valence-corrected chi connectivity index (χ4v) is 6.30. The molecule has 10 nitrogen and oxygen atoms in total. The van der Waals surface area contributed by atoms with Crippen LogP contribution < -0.4 is 0 Å². The van der Waals surface area contributed by atoms with E-state index >= 15 is 4.39 Å². The van der Waals surface area contributed by atoms with Crippen molar-refractivity contribution in [3.63, 3.8) is 0 Å². The average molecular weight is 657 g/mol. The molecule has 0 amide bonds. The van der Waals surface area contributed by atoms with Crippen LogP contribution in [0.2, 0.25) is 5.02 Å². The first-order valence-corrected chi connectivity index (χ1v) is 14.2. The molecule has 3 N–H and O–H groups in total. The van der Waals surface area contributed by atoms with Crippen molar-refractivity contribution in [3.05, 3.63) is 75.5 Å². The number of rotatable bonds is 5. The van der Waals surface area contributed by atoms with E-state index in [2.05, 4.69) is 20.2 Å². The molecule has 0 radical (unpaired) electrons. The maximum atomic E-state index is 15.1. The molecule has 232 valence electrons. The van der Waals surface area contributed by atoms with Crippen LogP contribution in [-0.2, 0) is 10.9 Å². The maximum Gasteiger partial charge on any atom is 0.418 e. The SMILES string of the molecule is Cc1nc(C2O[C@H](CO)[C@H](O)[C@H](n3cc(-c4cc5nc(C)sc5c(F)c4F)cn3)[C@H]2O)n(-c2cc(Cl)ccc2C(F)(F)F)n1. The van der Waals surface area contributed by atoms with E-state index in [1.54, 1.807) is 6.92 Å². The molecule has 1 saturated heterocycles. The molecule has 5 aromatic rings. The molecule has 2 aromatic carbocycles. The van der Waals surface area contributed by atoms with Crippen LogP contribution in [0, 0.1) is 25.5 Å². The summed E-state index contributed by atoms with van der Waals surface area (Å²) < 4.78 is 79.5. The number of hydrogen-bond donors (Lipinski definition) is 3. The van der Waals surface area contributed by atoms with Gasteiger partial charge in [0.15, 0.2) is 17.5 Å². The van der Waals surface area contributed by atoms with Crippen LogP contribution in [0.3, 0.4) is 0 Å². The number of hydrogen-bond acceptors (Lipinski definition) is 9. The van der Waals surface area contributed by atoms with Gasteiger partial charge in [-0.2, -0.15) is 23.4 Å². The zero-order valence-electron chi connectivity index (χ0n) is 22.7. The zero-order chi connectivity index (χ0) is 31.7. The van der Waals surface area contributed by atoms with E-state index in [4.69, 9.17) is 16.3 Å². The topological polar surface area (TPSA) is 131 Å². The van der Waals surface area contributed by atoms with Gasteiger partial charge >= 0.3 is 6.18 Å². The van der Waals surface area contributed by atoms with Crippen LogP contribution in [0.5, 0.6) is 0 Å². The van der Waals surface area contributed by atoms with E-state index in [0.29, 0.717) is 5.01 Å². The monoisotopic (exact) mass is 656 g/mol. The van der Waals surface area contributed by atoms with Crippen LogP contribution in [0.25, 0.3) is 27.0 Å². The Kier molecular flexibility index (Phi) is 7.70. The summed E-state index contributed by atoms with van der Waals surface area (Å²) in [4.78, 5) is 8.42. The van der Waals surface area contributed by atoms with Gasteiger partial charge in [-0.3, -0.25) is 4.68 Å². The molecule has 3 aromatic heterocycles. The third kappa shape index (κ3) is 5.14. The standard InChI is InChI=1S/C27H22ClF5N6O4S/c1-10-35-26(39(37-10)17-5-13(28)3-4-15(17)27(31,32)33)24-23(42)21(22(41)18(9-40)43-24)38-8-12(7-34-38)14-6-16-25(20(30)19(14)29)44-11(2)36-16/h3-8,18,21-24,40-42H,9H2,1-2H3/t18-,21+,22+,23-,24?/m1/s1. The molecule has 0 bridgehead atoms. The van der Waals surface area contributed by atoms with Gasteiger partial charge in [-0.1, -0.05) is 11.6 Å². The summed E-state index contributed by atoms with van der Waals surface area (Å²) in [7, 11) is 0. The summed E-state index contributed by atoms with van der Waals surface area (Å²) in [5.74, 6) is -2.48. The molecule has 0 saturated carbocycles. The lowest BCUT2D eigenvalue weighted by molar-refractivity contribution is -0.210. The molecule has 1 aliphatic rings. The largest absolute Gasteiger partial charge is 0.418 e. The molecule has 0 spiro atoms. The van der Waals surface area contributed by atoms with Gasteiger partial charge in [-0.05, 0) is 38.1 Å². The number of aromatic nitrogens is 6. The quantitative estimate of drug-likeness (QED) is 0.232. The second kappa shape index (κ2) is 11.1. The van der Waals surface area contributed by atoms with Crippen molar-refractivity contribution in [3.8, 4) is 16.8 Å². The van der Waals surface area contributed by atoms with Crippen molar-refractivity contribution >= 4 is 33.2 Å². The van der Waals surface area contributed by atoms with Crippen LogP contribution in [0.1, 0.15) is 34.4 Å². The Hall–Kier alpha value is -3.54. The molecule has 44 heavy (non-hydrogen) atoms. The van der Waals surface area contributed by atoms with Crippen LogP contribution >= 0.6 is 22.9 Å². The molecule has 1 fully saturated rings. The number of benzene rings is 2. The Bertz CT molecular complexity index is 1880. The Labute approximate surface area is 253 Å². The molecule has 1 unspecified atom stereocenters. The highest BCUT2D eigenvalue weighted by Gasteiger charge is 2.48. The number of aliphatic hydroxyl groups excluding tert-OH is 3. The number of alkyl halides is 3. The number of halogens is 6. The minimum atomic E-state index is -4.81. The van der Waals surface area contributed by atoms with Gasteiger partial charge in [0.2, 0.25) is 0 Å². The zero-order valence-corrected chi connectivity index (χ0v) is 24.2. The van der Waals surface area contributed by atoms with Gasteiger partial charge in [-0.15, -0.1) is 11.3 Å². The van der Waals surface area contributed by atoms with Gasteiger partial charge in [-0.25, -0.2) is 23.4 Å².